The van der Waals surface area contributed by atoms with Crippen molar-refractivity contribution in [1.29, 1.82) is 0 Å². The van der Waals surface area contributed by atoms with Crippen LogP contribution in [0.3, 0.4) is 0 Å². The molecule has 1 fully saturated rings. The molecular weight excluding hydrogens is 198 g/mol. The van der Waals surface area contributed by atoms with Gasteiger partial charge in [0.2, 0.25) is 0 Å². The number of nitrogens with one attached hydrogen (secondary N) is 1. The summed E-state index contributed by atoms with van der Waals surface area (Å²) >= 11 is 0. The van der Waals surface area contributed by atoms with Crippen LogP contribution in [0.1, 0.15) is 20.8 Å². The summed E-state index contributed by atoms with van der Waals surface area (Å²) in [6, 6.07) is -0.320. The van der Waals surface area contributed by atoms with Gasteiger partial charge in [-0.05, 0) is 20.8 Å². The number of nitrogens with two attached hydrogens (primary N) is 1. The second-order valence-electron chi connectivity index (χ2n) is 4.75. The summed E-state index contributed by atoms with van der Waals surface area (Å²) in [5.41, 5.74) is 7.59. The topological polar surface area (TPSA) is 87.8 Å². The summed E-state index contributed by atoms with van der Waals surface area (Å²) in [6.45, 7) is 6.13. The highest BCUT2D eigenvalue weighted by molar-refractivity contribution is 5.67. The molecule has 0 saturated carbocycles. The van der Waals surface area contributed by atoms with Crippen LogP contribution in [0.2, 0.25) is 0 Å². The van der Waals surface area contributed by atoms with E-state index in [2.05, 4.69) is 5.43 Å². The Kier molecular flexibility index (Phi) is 3.54. The molecule has 0 spiro atoms. The van der Waals surface area contributed by atoms with Gasteiger partial charge in [0.05, 0.1) is 6.10 Å². The van der Waals surface area contributed by atoms with Crippen LogP contribution < -0.4 is 11.2 Å². The molecule has 0 radical (unpaired) electrons. The predicted octanol–water partition coefficient (Wildman–Crippen LogP) is -0.570. The monoisotopic (exact) mass is 217 g/mol. The Bertz CT molecular complexity index is 229. The molecule has 6 nitrogen and oxygen atoms in total. The van der Waals surface area contributed by atoms with Crippen LogP contribution >= 0.6 is 0 Å². The van der Waals surface area contributed by atoms with Crippen LogP contribution in [0, 0.1) is 0 Å². The van der Waals surface area contributed by atoms with E-state index in [1.165, 1.54) is 0 Å². The minimum Gasteiger partial charge on any atom is -0.443 e. The Balaban J connectivity index is 2.34. The Hall–Kier alpha value is -0.850. The number of rotatable bonds is 1. The van der Waals surface area contributed by atoms with Crippen molar-refractivity contribution in [1.82, 2.24) is 10.4 Å². The summed E-state index contributed by atoms with van der Waals surface area (Å²) in [6.07, 6.45) is -1.12. The van der Waals surface area contributed by atoms with Gasteiger partial charge in [-0.15, -0.1) is 0 Å². The zero-order chi connectivity index (χ0) is 11.6. The van der Waals surface area contributed by atoms with Crippen LogP contribution in [0.15, 0.2) is 0 Å². The van der Waals surface area contributed by atoms with E-state index in [9.17, 15) is 9.90 Å². The van der Waals surface area contributed by atoms with Crippen molar-refractivity contribution in [2.45, 2.75) is 38.5 Å². The molecule has 1 aliphatic heterocycles. The first-order valence-corrected chi connectivity index (χ1v) is 4.96. The molecule has 2 atom stereocenters. The number of carbonyl (C=O) groups excluding carboxylic acids is 1. The van der Waals surface area contributed by atoms with E-state index in [1.54, 1.807) is 25.8 Å². The maximum absolute atomic E-state index is 11.3. The second-order valence-corrected chi connectivity index (χ2v) is 4.75. The van der Waals surface area contributed by atoms with Gasteiger partial charge < -0.3 is 15.6 Å². The third kappa shape index (κ3) is 4.03. The summed E-state index contributed by atoms with van der Waals surface area (Å²) in [4.78, 5) is 11.3. The minimum absolute atomic E-state index is 0.320. The maximum Gasteiger partial charge on any atom is 0.422 e. The molecule has 1 amide bonds. The van der Waals surface area contributed by atoms with E-state index in [1.807, 2.05) is 0 Å². The molecule has 0 aromatic heterocycles. The lowest BCUT2D eigenvalue weighted by molar-refractivity contribution is 0.0348. The first-order chi connectivity index (χ1) is 6.78. The Morgan fingerprint density at radius 3 is 2.53 bits per heavy atom. The van der Waals surface area contributed by atoms with Crippen LogP contribution in [-0.2, 0) is 4.74 Å². The molecule has 4 N–H and O–H groups in total. The second kappa shape index (κ2) is 4.34. The highest BCUT2D eigenvalue weighted by Gasteiger charge is 2.30. The summed E-state index contributed by atoms with van der Waals surface area (Å²) in [5, 5.41) is 10.9. The minimum atomic E-state index is -0.597. The number of nitrogens with zero attached hydrogens (tertiary/aromatic N) is 1. The average Bonchev–Trinajstić information content (AvgIpc) is 2.26. The van der Waals surface area contributed by atoms with Crippen molar-refractivity contribution in [2.75, 3.05) is 13.1 Å². The van der Waals surface area contributed by atoms with Crippen LogP contribution in [0.25, 0.3) is 0 Å². The average molecular weight is 217 g/mol. The SMILES string of the molecule is CC(C)(C)OC(=O)NN1C[C@H](N)[C@@H](O)C1. The zero-order valence-electron chi connectivity index (χ0n) is 9.36. The molecule has 0 aliphatic carbocycles. The number of amides is 1. The van der Waals surface area contributed by atoms with E-state index in [0.717, 1.165) is 0 Å². The molecule has 1 aliphatic rings. The first kappa shape index (κ1) is 12.2. The first-order valence-electron chi connectivity index (χ1n) is 4.96. The number of hydrogen-bond donors (Lipinski definition) is 3. The molecule has 0 aromatic carbocycles. The maximum atomic E-state index is 11.3. The van der Waals surface area contributed by atoms with Gasteiger partial charge in [0.1, 0.15) is 5.60 Å². The molecule has 0 aromatic rings. The van der Waals surface area contributed by atoms with E-state index in [4.69, 9.17) is 10.5 Å². The summed E-state index contributed by atoms with van der Waals surface area (Å²) in [5.74, 6) is 0. The fourth-order valence-corrected chi connectivity index (χ4v) is 1.33. The summed E-state index contributed by atoms with van der Waals surface area (Å²) < 4.78 is 5.06. The van der Waals surface area contributed by atoms with Gasteiger partial charge in [0, 0.05) is 19.1 Å². The van der Waals surface area contributed by atoms with Crippen molar-refractivity contribution in [3.05, 3.63) is 0 Å². The van der Waals surface area contributed by atoms with Crippen molar-refractivity contribution in [3.63, 3.8) is 0 Å². The van der Waals surface area contributed by atoms with Gasteiger partial charge >= 0.3 is 6.09 Å². The molecule has 15 heavy (non-hydrogen) atoms. The molecule has 0 bridgehead atoms. The number of β-amino-alcohol motifs (C(OH)–C–C–N with tert-alkyl or cyclic N) is 1. The quantitative estimate of drug-likeness (QED) is 0.547. The van der Waals surface area contributed by atoms with Gasteiger partial charge in [-0.1, -0.05) is 0 Å². The zero-order valence-corrected chi connectivity index (χ0v) is 9.36. The van der Waals surface area contributed by atoms with Gasteiger partial charge in [-0.25, -0.2) is 9.80 Å². The molecule has 6 heteroatoms. The van der Waals surface area contributed by atoms with E-state index < -0.39 is 17.8 Å². The van der Waals surface area contributed by atoms with Gasteiger partial charge in [-0.3, -0.25) is 5.43 Å². The fourth-order valence-electron chi connectivity index (χ4n) is 1.33. The Morgan fingerprint density at radius 1 is 1.53 bits per heavy atom. The number of ether oxygens (including phenoxy) is 1. The molecule has 88 valence electrons. The van der Waals surface area contributed by atoms with E-state index in [-0.39, 0.29) is 6.04 Å². The number of hydrazine groups is 1. The van der Waals surface area contributed by atoms with Gasteiger partial charge in [-0.2, -0.15) is 0 Å². The largest absolute Gasteiger partial charge is 0.443 e. The molecular formula is C9H19N3O3. The van der Waals surface area contributed by atoms with Crippen molar-refractivity contribution < 1.29 is 14.6 Å². The Morgan fingerprint density at radius 2 is 2.13 bits per heavy atom. The summed E-state index contributed by atoms with van der Waals surface area (Å²) in [7, 11) is 0. The Labute approximate surface area is 89.3 Å². The predicted molar refractivity (Wildman–Crippen MR) is 54.9 cm³/mol. The smallest absolute Gasteiger partial charge is 0.422 e. The third-order valence-electron chi connectivity index (χ3n) is 1.98. The fraction of sp³-hybridized carbons (Fsp3) is 0.889. The van der Waals surface area contributed by atoms with Crippen LogP contribution in [-0.4, -0.2) is 47.0 Å². The van der Waals surface area contributed by atoms with Gasteiger partial charge in [0.15, 0.2) is 0 Å². The lowest BCUT2D eigenvalue weighted by Crippen LogP contribution is -2.44. The number of hydrogen-bond acceptors (Lipinski definition) is 5. The van der Waals surface area contributed by atoms with Crippen molar-refractivity contribution >= 4 is 6.09 Å². The molecule has 1 heterocycles. The third-order valence-corrected chi connectivity index (χ3v) is 1.98. The number of aliphatic hydroxyl groups is 1. The van der Waals surface area contributed by atoms with Gasteiger partial charge in [0.25, 0.3) is 0 Å². The standard InChI is InChI=1S/C9H19N3O3/c1-9(2,3)15-8(14)11-12-4-6(10)7(13)5-12/h6-7,13H,4-5,10H2,1-3H3,(H,11,14)/t6-,7-/m0/s1. The normalized spacial score (nSPS) is 27.8. The van der Waals surface area contributed by atoms with Crippen LogP contribution in [0.4, 0.5) is 4.79 Å². The number of carbonyl (C=O) groups is 1. The molecule has 1 rings (SSSR count). The molecule has 0 unspecified atom stereocenters. The van der Waals surface area contributed by atoms with Crippen LogP contribution in [0.5, 0.6) is 0 Å². The van der Waals surface area contributed by atoms with Crippen molar-refractivity contribution in [3.8, 4) is 0 Å². The van der Waals surface area contributed by atoms with Crippen molar-refractivity contribution in [2.24, 2.45) is 5.73 Å². The highest BCUT2D eigenvalue weighted by Crippen LogP contribution is 2.09. The van der Waals surface area contributed by atoms with E-state index in [0.29, 0.717) is 13.1 Å². The lowest BCUT2D eigenvalue weighted by Gasteiger charge is -2.23. The molecule has 1 saturated heterocycles. The highest BCUT2D eigenvalue weighted by atomic mass is 16.6. The van der Waals surface area contributed by atoms with E-state index >= 15 is 0 Å². The number of aliphatic hydroxyl groups excluding tert-OH is 1. The lowest BCUT2D eigenvalue weighted by atomic mass is 10.2.